The molecule has 0 spiro atoms. The Labute approximate surface area is 74.6 Å². The maximum atomic E-state index is 10.8. The smallest absolute Gasteiger partial charge is 0.239 e. The molecule has 12 heavy (non-hydrogen) atoms. The van der Waals surface area contributed by atoms with Crippen molar-refractivity contribution < 1.29 is 13.5 Å². The van der Waals surface area contributed by atoms with E-state index >= 15 is 0 Å². The first-order valence-electron chi connectivity index (χ1n) is 2.93. The maximum Gasteiger partial charge on any atom is 0.239 e. The third kappa shape index (κ3) is 1.69. The van der Waals surface area contributed by atoms with Crippen LogP contribution in [0.15, 0.2) is 23.1 Å². The van der Waals surface area contributed by atoms with E-state index in [2.05, 4.69) is 0 Å². The molecule has 1 aromatic rings. The molecule has 0 heterocycles. The standard InChI is InChI=1S/C6H6ClNO3S/c7-6-4(9)2-1-3-5(6)12(8,10)11/h1-3,9H,(H2,8,10,11). The molecule has 0 radical (unpaired) electrons. The monoisotopic (exact) mass is 207 g/mol. The van der Waals surface area contributed by atoms with E-state index in [1.807, 2.05) is 0 Å². The lowest BCUT2D eigenvalue weighted by atomic mass is 10.3. The molecule has 3 N–H and O–H groups in total. The molecule has 4 nitrogen and oxygen atoms in total. The molecule has 0 fully saturated rings. The summed E-state index contributed by atoms with van der Waals surface area (Å²) >= 11 is 5.47. The molecule has 0 saturated carbocycles. The number of halogens is 1. The zero-order valence-electron chi connectivity index (χ0n) is 5.86. The van der Waals surface area contributed by atoms with Gasteiger partial charge >= 0.3 is 0 Å². The number of phenolic OH excluding ortho intramolecular Hbond substituents is 1. The molecule has 0 aliphatic heterocycles. The number of nitrogens with two attached hydrogens (primary N) is 1. The van der Waals surface area contributed by atoms with Gasteiger partial charge in [0.15, 0.2) is 0 Å². The van der Waals surface area contributed by atoms with Crippen molar-refractivity contribution in [1.82, 2.24) is 0 Å². The number of primary sulfonamides is 1. The Morgan fingerprint density at radius 1 is 1.42 bits per heavy atom. The van der Waals surface area contributed by atoms with Gasteiger partial charge in [0.1, 0.15) is 15.7 Å². The number of benzene rings is 1. The highest BCUT2D eigenvalue weighted by Crippen LogP contribution is 2.28. The van der Waals surface area contributed by atoms with Crippen LogP contribution < -0.4 is 5.14 Å². The second kappa shape index (κ2) is 2.93. The topological polar surface area (TPSA) is 80.4 Å². The Hall–Kier alpha value is -0.780. The van der Waals surface area contributed by atoms with Gasteiger partial charge in [0.05, 0.1) is 0 Å². The van der Waals surface area contributed by atoms with Crippen molar-refractivity contribution in [3.8, 4) is 5.75 Å². The van der Waals surface area contributed by atoms with E-state index < -0.39 is 10.0 Å². The van der Waals surface area contributed by atoms with Crippen molar-refractivity contribution >= 4 is 21.6 Å². The predicted molar refractivity (Wildman–Crippen MR) is 44.5 cm³/mol. The van der Waals surface area contributed by atoms with Crippen molar-refractivity contribution in [1.29, 1.82) is 0 Å². The number of hydrogen-bond donors (Lipinski definition) is 2. The average Bonchev–Trinajstić information content (AvgIpc) is 1.92. The van der Waals surface area contributed by atoms with Crippen molar-refractivity contribution in [2.45, 2.75) is 4.90 Å². The zero-order chi connectivity index (χ0) is 9.35. The first kappa shape index (κ1) is 9.31. The van der Waals surface area contributed by atoms with Gasteiger partial charge in [0.25, 0.3) is 0 Å². The Kier molecular flexibility index (Phi) is 2.27. The Bertz CT molecular complexity index is 401. The summed E-state index contributed by atoms with van der Waals surface area (Å²) in [5.41, 5.74) is 0. The number of phenols is 1. The highest BCUT2D eigenvalue weighted by molar-refractivity contribution is 7.89. The largest absolute Gasteiger partial charge is 0.506 e. The molecule has 1 aromatic carbocycles. The van der Waals surface area contributed by atoms with E-state index in [0.717, 1.165) is 0 Å². The van der Waals surface area contributed by atoms with Gasteiger partial charge in [-0.15, -0.1) is 0 Å². The highest BCUT2D eigenvalue weighted by Gasteiger charge is 2.14. The minimum atomic E-state index is -3.85. The van der Waals surface area contributed by atoms with Gasteiger partial charge in [-0.25, -0.2) is 13.6 Å². The third-order valence-corrected chi connectivity index (χ3v) is 2.71. The van der Waals surface area contributed by atoms with Crippen LogP contribution in [-0.2, 0) is 10.0 Å². The molecule has 0 aliphatic rings. The molecule has 0 atom stereocenters. The summed E-state index contributed by atoms with van der Waals surface area (Å²) in [5, 5.41) is 13.6. The minimum Gasteiger partial charge on any atom is -0.506 e. The zero-order valence-corrected chi connectivity index (χ0v) is 7.43. The fourth-order valence-electron chi connectivity index (χ4n) is 0.719. The minimum absolute atomic E-state index is 0.250. The van der Waals surface area contributed by atoms with Gasteiger partial charge in [-0.05, 0) is 12.1 Å². The van der Waals surface area contributed by atoms with Crippen molar-refractivity contribution in [2.24, 2.45) is 5.14 Å². The lowest BCUT2D eigenvalue weighted by molar-refractivity contribution is 0.473. The van der Waals surface area contributed by atoms with E-state index in [1.165, 1.54) is 18.2 Å². The predicted octanol–water partition coefficient (Wildman–Crippen LogP) is 0.693. The van der Waals surface area contributed by atoms with E-state index in [4.69, 9.17) is 21.8 Å². The second-order valence-electron chi connectivity index (χ2n) is 2.13. The summed E-state index contributed by atoms with van der Waals surface area (Å²) in [6.45, 7) is 0. The van der Waals surface area contributed by atoms with E-state index in [9.17, 15) is 8.42 Å². The second-order valence-corrected chi connectivity index (χ2v) is 4.04. The third-order valence-electron chi connectivity index (χ3n) is 1.25. The fourth-order valence-corrected chi connectivity index (χ4v) is 1.79. The van der Waals surface area contributed by atoms with Crippen LogP contribution in [0.3, 0.4) is 0 Å². The van der Waals surface area contributed by atoms with Crippen LogP contribution in [0.4, 0.5) is 0 Å². The molecule has 0 bridgehead atoms. The van der Waals surface area contributed by atoms with Crippen LogP contribution in [0.5, 0.6) is 5.75 Å². The van der Waals surface area contributed by atoms with Gasteiger partial charge in [-0.1, -0.05) is 17.7 Å². The fraction of sp³-hybridized carbons (Fsp3) is 0. The summed E-state index contributed by atoms with van der Waals surface area (Å²) in [4.78, 5) is -0.274. The summed E-state index contributed by atoms with van der Waals surface area (Å²) < 4.78 is 21.6. The molecule has 0 saturated heterocycles. The van der Waals surface area contributed by atoms with Gasteiger partial charge in [-0.3, -0.25) is 0 Å². The van der Waals surface area contributed by atoms with Crippen LogP contribution in [-0.4, -0.2) is 13.5 Å². The van der Waals surface area contributed by atoms with Crippen LogP contribution in [0.1, 0.15) is 0 Å². The molecule has 0 unspecified atom stereocenters. The highest BCUT2D eigenvalue weighted by atomic mass is 35.5. The Balaban J connectivity index is 3.47. The molecule has 1 rings (SSSR count). The van der Waals surface area contributed by atoms with Crippen molar-refractivity contribution in [3.63, 3.8) is 0 Å². The Morgan fingerprint density at radius 3 is 2.42 bits per heavy atom. The van der Waals surface area contributed by atoms with Crippen molar-refractivity contribution in [2.75, 3.05) is 0 Å². The number of hydrogen-bond acceptors (Lipinski definition) is 3. The van der Waals surface area contributed by atoms with Crippen LogP contribution >= 0.6 is 11.6 Å². The van der Waals surface area contributed by atoms with Gasteiger partial charge in [0.2, 0.25) is 10.0 Å². The quantitative estimate of drug-likeness (QED) is 0.711. The summed E-state index contributed by atoms with van der Waals surface area (Å²) in [7, 11) is -3.85. The van der Waals surface area contributed by atoms with Crippen LogP contribution in [0.25, 0.3) is 0 Å². The van der Waals surface area contributed by atoms with E-state index in [0.29, 0.717) is 0 Å². The molecule has 0 aromatic heterocycles. The van der Waals surface area contributed by atoms with Crippen LogP contribution in [0, 0.1) is 0 Å². The van der Waals surface area contributed by atoms with Gasteiger partial charge in [0, 0.05) is 0 Å². The van der Waals surface area contributed by atoms with E-state index in [1.54, 1.807) is 0 Å². The summed E-state index contributed by atoms with van der Waals surface area (Å²) in [5.74, 6) is -0.303. The molecule has 66 valence electrons. The normalized spacial score (nSPS) is 11.5. The molecule has 6 heteroatoms. The first-order chi connectivity index (χ1) is 5.43. The lowest BCUT2D eigenvalue weighted by Gasteiger charge is -2.01. The lowest BCUT2D eigenvalue weighted by Crippen LogP contribution is -2.12. The van der Waals surface area contributed by atoms with Gasteiger partial charge in [-0.2, -0.15) is 0 Å². The number of aromatic hydroxyl groups is 1. The molecular weight excluding hydrogens is 202 g/mol. The molecule has 0 aliphatic carbocycles. The molecule has 0 amide bonds. The SMILES string of the molecule is NS(=O)(=O)c1cccc(O)c1Cl. The number of rotatable bonds is 1. The molecular formula is C6H6ClNO3S. The first-order valence-corrected chi connectivity index (χ1v) is 4.85. The summed E-state index contributed by atoms with van der Waals surface area (Å²) in [6.07, 6.45) is 0. The average molecular weight is 208 g/mol. The van der Waals surface area contributed by atoms with E-state index in [-0.39, 0.29) is 15.7 Å². The number of sulfonamides is 1. The maximum absolute atomic E-state index is 10.8. The Morgan fingerprint density at radius 2 is 2.00 bits per heavy atom. The van der Waals surface area contributed by atoms with Gasteiger partial charge < -0.3 is 5.11 Å². The van der Waals surface area contributed by atoms with Crippen LogP contribution in [0.2, 0.25) is 5.02 Å². The van der Waals surface area contributed by atoms with Crippen molar-refractivity contribution in [3.05, 3.63) is 23.2 Å². The summed E-state index contributed by atoms with van der Waals surface area (Å²) in [6, 6.07) is 3.84.